The van der Waals surface area contributed by atoms with Crippen molar-refractivity contribution < 1.29 is 44.0 Å². The molecule has 9 N–H and O–H groups in total. The number of aliphatic carboxylic acids is 1. The number of hydrogen-bond acceptors (Lipinski definition) is 10. The lowest BCUT2D eigenvalue weighted by molar-refractivity contribution is -0.138. The molecule has 2 saturated carbocycles. The predicted octanol–water partition coefficient (Wildman–Crippen LogP) is 6.44. The van der Waals surface area contributed by atoms with Crippen LogP contribution in [-0.2, 0) is 27.5 Å². The van der Waals surface area contributed by atoms with E-state index in [1.165, 1.54) is 18.0 Å². The number of rotatable bonds is 8. The number of nitrogens with zero attached hydrogens (tertiary/aromatic N) is 2. The van der Waals surface area contributed by atoms with Crippen LogP contribution in [0.3, 0.4) is 0 Å². The second-order valence-corrected chi connectivity index (χ2v) is 16.8. The van der Waals surface area contributed by atoms with Crippen molar-refractivity contribution in [3.05, 3.63) is 130 Å². The van der Waals surface area contributed by atoms with Crippen LogP contribution in [-0.4, -0.2) is 73.1 Å². The highest BCUT2D eigenvalue weighted by atomic mass is 16.6. The molecule has 4 atom stereocenters. The van der Waals surface area contributed by atoms with E-state index in [4.69, 9.17) is 9.84 Å². The molecule has 2 aliphatic heterocycles. The summed E-state index contributed by atoms with van der Waals surface area (Å²) in [5.74, 6) is -1.16. The lowest BCUT2D eigenvalue weighted by Gasteiger charge is -2.19. The minimum absolute atomic E-state index is 0.0557. The third kappa shape index (κ3) is 9.25. The fraction of sp³-hybridized carbons (Fsp3) is 0.255. The summed E-state index contributed by atoms with van der Waals surface area (Å²) in [6.45, 7) is 4.86. The zero-order chi connectivity index (χ0) is 45.3. The second kappa shape index (κ2) is 17.6. The van der Waals surface area contributed by atoms with Gasteiger partial charge in [0.2, 0.25) is 5.91 Å². The molecule has 6 aromatic rings. The molecule has 328 valence electrons. The van der Waals surface area contributed by atoms with E-state index >= 15 is 0 Å². The topological polar surface area (TPSA) is 260 Å². The van der Waals surface area contributed by atoms with E-state index < -0.39 is 23.6 Å². The maximum Gasteiger partial charge on any atom is 0.412 e. The van der Waals surface area contributed by atoms with Gasteiger partial charge in [0.25, 0.3) is 11.8 Å². The molecule has 4 amide bonds. The first-order valence-corrected chi connectivity index (χ1v) is 20.6. The van der Waals surface area contributed by atoms with E-state index in [1.54, 1.807) is 45.0 Å². The quantitative estimate of drug-likeness (QED) is 0.0814. The van der Waals surface area contributed by atoms with Crippen LogP contribution in [0.1, 0.15) is 99.8 Å². The van der Waals surface area contributed by atoms with Gasteiger partial charge in [0, 0.05) is 50.2 Å². The number of carboxylic acids is 1. The number of hydrogen-bond donors (Lipinski definition) is 9. The predicted molar refractivity (Wildman–Crippen MR) is 239 cm³/mol. The smallest absolute Gasteiger partial charge is 0.412 e. The summed E-state index contributed by atoms with van der Waals surface area (Å²) < 4.78 is 5.22. The number of ether oxygens (including phenoxy) is 1. The van der Waals surface area contributed by atoms with Crippen molar-refractivity contribution in [1.82, 2.24) is 20.8 Å². The first-order valence-electron chi connectivity index (χ1n) is 20.6. The second-order valence-electron chi connectivity index (χ2n) is 16.8. The Balaban J connectivity index is 0.000000141. The summed E-state index contributed by atoms with van der Waals surface area (Å²) >= 11 is 0. The third-order valence-corrected chi connectivity index (χ3v) is 11.2. The number of nitrogens with one attached hydrogen (secondary N) is 6. The maximum atomic E-state index is 12.7. The molecule has 0 saturated heterocycles. The lowest BCUT2D eigenvalue weighted by Crippen LogP contribution is -2.27. The van der Waals surface area contributed by atoms with Crippen LogP contribution in [0.25, 0.3) is 21.8 Å². The number of aromatic nitrogens is 2. The molecular formula is C47H46N8O9. The van der Waals surface area contributed by atoms with Gasteiger partial charge in [0.05, 0.1) is 54.1 Å². The van der Waals surface area contributed by atoms with E-state index in [2.05, 4.69) is 41.7 Å². The highest BCUT2D eigenvalue weighted by Gasteiger charge is 2.44. The molecule has 10 rings (SSSR count). The van der Waals surface area contributed by atoms with E-state index in [0.717, 1.165) is 18.4 Å². The minimum Gasteiger partial charge on any atom is -0.481 e. The summed E-state index contributed by atoms with van der Waals surface area (Å²) in [7, 11) is 0. The molecule has 17 nitrogen and oxygen atoms in total. The zero-order valence-electron chi connectivity index (χ0n) is 35.1. The van der Waals surface area contributed by atoms with Gasteiger partial charge in [-0.15, -0.1) is 0 Å². The molecule has 4 aliphatic rings. The van der Waals surface area contributed by atoms with Crippen LogP contribution in [0.5, 0.6) is 0 Å². The molecule has 4 heterocycles. The van der Waals surface area contributed by atoms with Crippen LogP contribution in [0.4, 0.5) is 16.2 Å². The van der Waals surface area contributed by atoms with E-state index in [0.29, 0.717) is 66.8 Å². The molecule has 0 radical (unpaired) electrons. The van der Waals surface area contributed by atoms with E-state index in [1.807, 2.05) is 60.7 Å². The highest BCUT2D eigenvalue weighted by Crippen LogP contribution is 2.48. The Kier molecular flexibility index (Phi) is 11.9. The Morgan fingerprint density at radius 1 is 0.688 bits per heavy atom. The van der Waals surface area contributed by atoms with Crippen LogP contribution >= 0.6 is 0 Å². The highest BCUT2D eigenvalue weighted by molar-refractivity contribution is 6.17. The lowest BCUT2D eigenvalue weighted by atomic mass is 10.0. The summed E-state index contributed by atoms with van der Waals surface area (Å²) in [4.78, 5) is 66.0. The molecule has 0 spiro atoms. The minimum atomic E-state index is -0.663. The summed E-state index contributed by atoms with van der Waals surface area (Å²) in [6, 6.07) is 26.5. The summed E-state index contributed by atoms with van der Waals surface area (Å²) in [5, 5.41) is 42.4. The molecule has 2 fully saturated rings. The Labute approximate surface area is 366 Å². The fourth-order valence-electron chi connectivity index (χ4n) is 8.04. The van der Waals surface area contributed by atoms with Gasteiger partial charge in [-0.05, 0) is 80.8 Å². The Morgan fingerprint density at radius 2 is 1.14 bits per heavy atom. The van der Waals surface area contributed by atoms with Gasteiger partial charge in [-0.25, -0.2) is 15.6 Å². The Morgan fingerprint density at radius 3 is 1.58 bits per heavy atom. The average Bonchev–Trinajstić information content (AvgIpc) is 4.19. The normalized spacial score (nSPS) is 18.8. The van der Waals surface area contributed by atoms with Gasteiger partial charge in [-0.1, -0.05) is 60.7 Å². The Bertz CT molecular complexity index is 2860. The van der Waals surface area contributed by atoms with Crippen LogP contribution < -0.4 is 21.5 Å². The molecule has 64 heavy (non-hydrogen) atoms. The molecule has 4 aromatic carbocycles. The number of anilines is 2. The summed E-state index contributed by atoms with van der Waals surface area (Å²) in [5.41, 5.74) is 12.0. The van der Waals surface area contributed by atoms with Crippen molar-refractivity contribution in [2.75, 3.05) is 10.6 Å². The van der Waals surface area contributed by atoms with Crippen molar-refractivity contribution in [2.24, 2.45) is 22.0 Å². The SMILES string of the molecule is CC(C)(C)OC(=O)Nc1cc2c3c(c(CO)[nH]c3c1)C=NNC2=O.O=C(O)[C@@H]1C[C@H]1c1ccccc1.O=C1NN=Cc2c(CO)[nH]c3cc(NC(=O)[C@@H]4C[C@H]4c4ccccc4)cc1c23. The van der Waals surface area contributed by atoms with Gasteiger partial charge in [0.1, 0.15) is 5.60 Å². The molecule has 2 aromatic heterocycles. The van der Waals surface area contributed by atoms with Crippen molar-refractivity contribution in [1.29, 1.82) is 0 Å². The van der Waals surface area contributed by atoms with E-state index in [9.17, 15) is 34.2 Å². The van der Waals surface area contributed by atoms with Crippen molar-refractivity contribution in [3.8, 4) is 0 Å². The number of carbonyl (C=O) groups is 5. The van der Waals surface area contributed by atoms with Gasteiger partial charge in [-0.3, -0.25) is 24.5 Å². The number of aliphatic hydroxyl groups is 2. The number of aliphatic hydroxyl groups excluding tert-OH is 2. The third-order valence-electron chi connectivity index (χ3n) is 11.2. The van der Waals surface area contributed by atoms with Crippen LogP contribution in [0.15, 0.2) is 95.1 Å². The van der Waals surface area contributed by atoms with Crippen molar-refractivity contribution in [2.45, 2.75) is 64.3 Å². The fourth-order valence-corrected chi connectivity index (χ4v) is 8.04. The van der Waals surface area contributed by atoms with E-state index in [-0.39, 0.29) is 48.7 Å². The summed E-state index contributed by atoms with van der Waals surface area (Å²) in [6.07, 6.45) is 4.01. The average molecular weight is 867 g/mol. The number of hydrazone groups is 2. The number of amides is 4. The van der Waals surface area contributed by atoms with Gasteiger partial charge >= 0.3 is 12.1 Å². The van der Waals surface area contributed by atoms with Crippen molar-refractivity contribution >= 4 is 75.4 Å². The number of carbonyl (C=O) groups excluding carboxylic acids is 4. The van der Waals surface area contributed by atoms with Crippen LogP contribution in [0.2, 0.25) is 0 Å². The molecule has 0 unspecified atom stereocenters. The first kappa shape index (κ1) is 43.0. The van der Waals surface area contributed by atoms with Gasteiger partial charge in [0.15, 0.2) is 0 Å². The van der Waals surface area contributed by atoms with Gasteiger partial charge in [-0.2, -0.15) is 10.2 Å². The van der Waals surface area contributed by atoms with Crippen molar-refractivity contribution in [3.63, 3.8) is 0 Å². The first-order chi connectivity index (χ1) is 30.7. The maximum absolute atomic E-state index is 12.7. The number of H-pyrrole nitrogens is 2. The largest absolute Gasteiger partial charge is 0.481 e. The zero-order valence-corrected chi connectivity index (χ0v) is 35.1. The monoisotopic (exact) mass is 866 g/mol. The Hall–Kier alpha value is -7.63. The molecule has 2 aliphatic carbocycles. The number of carboxylic acid groups (broad SMARTS) is 1. The molecule has 17 heteroatoms. The standard InChI is InChI=1S/C21H18N4O3.C16H18N4O4.C10H10O2/c26-10-18-16-9-22-25-21(28)15-6-12(7-17(24-18)19(15)16)23-20(27)14-8-13(14)11-4-2-1-3-5-11;1-16(2,3)24-15(23)18-8-4-9-13-10(6-17-20-14(9)22)12(7-21)19-11(13)5-8;11-10(12)9-6-8(9)7-4-2-1-3-5-7/h1-7,9,13-14,24,26H,8,10H2,(H,23,27)(H,25,28);4-6,19,21H,7H2,1-3H3,(H,18,23)(H,20,22);1-5,8-9H,6H2,(H,11,12)/t13-,14+;;8-,9+/m0.0/s1. The molecule has 0 bridgehead atoms. The van der Waals surface area contributed by atoms with Gasteiger partial charge < -0.3 is 35.3 Å². The van der Waals surface area contributed by atoms with Crippen LogP contribution in [0, 0.1) is 11.8 Å². The number of aromatic amines is 2. The molecular weight excluding hydrogens is 821 g/mol. The number of benzene rings is 4.